The summed E-state index contributed by atoms with van der Waals surface area (Å²) in [7, 11) is 3.59. The quantitative estimate of drug-likeness (QED) is 0.634. The zero-order chi connectivity index (χ0) is 18.8. The van der Waals surface area contributed by atoms with Crippen LogP contribution in [0.4, 0.5) is 16.5 Å². The average Bonchev–Trinajstić information content (AvgIpc) is 3.01. The highest BCUT2D eigenvalue weighted by Crippen LogP contribution is 2.34. The van der Waals surface area contributed by atoms with Crippen molar-refractivity contribution in [2.24, 2.45) is 5.92 Å². The summed E-state index contributed by atoms with van der Waals surface area (Å²) in [5.41, 5.74) is 1.86. The minimum atomic E-state index is -0.497. The van der Waals surface area contributed by atoms with E-state index in [4.69, 9.17) is 0 Å². The molecule has 3 rings (SSSR count). The first-order valence-corrected chi connectivity index (χ1v) is 9.46. The lowest BCUT2D eigenvalue weighted by atomic mass is 9.89. The molecular formula is C18H22N4O3S. The highest BCUT2D eigenvalue weighted by molar-refractivity contribution is 7.15. The van der Waals surface area contributed by atoms with E-state index < -0.39 is 4.92 Å². The number of thiazole rings is 1. The van der Waals surface area contributed by atoms with Crippen molar-refractivity contribution >= 4 is 33.8 Å². The third-order valence-electron chi connectivity index (χ3n) is 4.76. The number of nitro groups is 1. The van der Waals surface area contributed by atoms with E-state index >= 15 is 0 Å². The molecule has 138 valence electrons. The van der Waals surface area contributed by atoms with Crippen LogP contribution in [0.25, 0.3) is 0 Å². The van der Waals surface area contributed by atoms with Gasteiger partial charge in [0.15, 0.2) is 5.13 Å². The van der Waals surface area contributed by atoms with Crippen LogP contribution >= 0.6 is 11.3 Å². The molecule has 1 aromatic heterocycles. The minimum absolute atomic E-state index is 0.107. The van der Waals surface area contributed by atoms with Crippen molar-refractivity contribution in [2.45, 2.75) is 32.6 Å². The SMILES string of the molecule is CCC1CCc2nc(NC(=O)c3cc([N+](=O)[O-])ccc3N(C)C)sc2C1. The summed E-state index contributed by atoms with van der Waals surface area (Å²) in [6, 6.07) is 4.30. The Morgan fingerprint density at radius 3 is 2.88 bits per heavy atom. The standard InChI is InChI=1S/C18H22N4O3S/c1-4-11-5-7-14-16(9-11)26-18(19-14)20-17(23)13-10-12(22(24)25)6-8-15(13)21(2)3/h6,8,10-11H,4-5,7,9H2,1-3H3,(H,19,20,23). The number of rotatable bonds is 5. The highest BCUT2D eigenvalue weighted by atomic mass is 32.1. The molecule has 0 radical (unpaired) electrons. The number of nitrogens with zero attached hydrogens (tertiary/aromatic N) is 3. The van der Waals surface area contributed by atoms with E-state index in [2.05, 4.69) is 17.2 Å². The third-order valence-corrected chi connectivity index (χ3v) is 5.79. The second kappa shape index (κ2) is 7.41. The van der Waals surface area contributed by atoms with Crippen LogP contribution in [-0.4, -0.2) is 29.9 Å². The van der Waals surface area contributed by atoms with Crippen molar-refractivity contribution < 1.29 is 9.72 Å². The maximum absolute atomic E-state index is 12.8. The molecule has 8 heteroatoms. The molecule has 1 amide bonds. The Kier molecular flexibility index (Phi) is 5.22. The fraction of sp³-hybridized carbons (Fsp3) is 0.444. The van der Waals surface area contributed by atoms with Gasteiger partial charge in [-0.25, -0.2) is 4.98 Å². The summed E-state index contributed by atoms with van der Waals surface area (Å²) in [5, 5.41) is 14.4. The van der Waals surface area contributed by atoms with Gasteiger partial charge >= 0.3 is 0 Å². The number of amides is 1. The van der Waals surface area contributed by atoms with Gasteiger partial charge in [-0.05, 0) is 31.2 Å². The monoisotopic (exact) mass is 374 g/mol. The second-order valence-electron chi connectivity index (χ2n) is 6.71. The number of non-ortho nitro benzene ring substituents is 1. The van der Waals surface area contributed by atoms with E-state index in [0.717, 1.165) is 31.4 Å². The number of aryl methyl sites for hydroxylation is 1. The number of carbonyl (C=O) groups excluding carboxylic acids is 1. The van der Waals surface area contributed by atoms with Crippen LogP contribution in [0.3, 0.4) is 0 Å². The van der Waals surface area contributed by atoms with Crippen molar-refractivity contribution in [2.75, 3.05) is 24.3 Å². The van der Waals surface area contributed by atoms with Crippen molar-refractivity contribution in [1.29, 1.82) is 0 Å². The Balaban J connectivity index is 1.85. The van der Waals surface area contributed by atoms with Crippen LogP contribution in [0.5, 0.6) is 0 Å². The zero-order valence-corrected chi connectivity index (χ0v) is 15.9. The van der Waals surface area contributed by atoms with Crippen molar-refractivity contribution in [3.8, 4) is 0 Å². The predicted octanol–water partition coefficient (Wildman–Crippen LogP) is 3.88. The van der Waals surface area contributed by atoms with Crippen LogP contribution in [0.1, 0.15) is 40.7 Å². The molecule has 26 heavy (non-hydrogen) atoms. The lowest BCUT2D eigenvalue weighted by Gasteiger charge is -2.18. The van der Waals surface area contributed by atoms with Gasteiger partial charge < -0.3 is 4.90 Å². The summed E-state index contributed by atoms with van der Waals surface area (Å²) >= 11 is 1.51. The summed E-state index contributed by atoms with van der Waals surface area (Å²) in [6.07, 6.45) is 4.24. The summed E-state index contributed by atoms with van der Waals surface area (Å²) < 4.78 is 0. The average molecular weight is 374 g/mol. The number of fused-ring (bicyclic) bond motifs is 1. The van der Waals surface area contributed by atoms with Gasteiger partial charge in [-0.2, -0.15) is 0 Å². The largest absolute Gasteiger partial charge is 0.377 e. The molecule has 0 saturated heterocycles. The molecule has 0 aliphatic heterocycles. The molecule has 1 N–H and O–H groups in total. The van der Waals surface area contributed by atoms with Crippen molar-refractivity contribution in [3.05, 3.63) is 44.4 Å². The lowest BCUT2D eigenvalue weighted by Crippen LogP contribution is -2.18. The predicted molar refractivity (Wildman–Crippen MR) is 103 cm³/mol. The Bertz CT molecular complexity index is 847. The Hall–Kier alpha value is -2.48. The maximum Gasteiger partial charge on any atom is 0.270 e. The molecule has 1 aromatic carbocycles. The van der Waals surface area contributed by atoms with Gasteiger partial charge in [-0.15, -0.1) is 11.3 Å². The molecular weight excluding hydrogens is 352 g/mol. The normalized spacial score (nSPS) is 16.0. The van der Waals surface area contributed by atoms with Crippen LogP contribution in [0, 0.1) is 16.0 Å². The first-order chi connectivity index (χ1) is 12.4. The van der Waals surface area contributed by atoms with Gasteiger partial charge in [-0.1, -0.05) is 13.3 Å². The number of hydrogen-bond donors (Lipinski definition) is 1. The molecule has 1 aliphatic rings. The number of hydrogen-bond acceptors (Lipinski definition) is 6. The fourth-order valence-corrected chi connectivity index (χ4v) is 4.34. The maximum atomic E-state index is 12.8. The van der Waals surface area contributed by atoms with Gasteiger partial charge in [-0.3, -0.25) is 20.2 Å². The van der Waals surface area contributed by atoms with Gasteiger partial charge in [0.2, 0.25) is 0 Å². The molecule has 1 heterocycles. The zero-order valence-electron chi connectivity index (χ0n) is 15.1. The minimum Gasteiger partial charge on any atom is -0.377 e. The summed E-state index contributed by atoms with van der Waals surface area (Å²) in [4.78, 5) is 30.9. The number of aromatic nitrogens is 1. The number of carbonyl (C=O) groups is 1. The molecule has 0 fully saturated rings. The molecule has 1 unspecified atom stereocenters. The fourth-order valence-electron chi connectivity index (χ4n) is 3.22. The smallest absolute Gasteiger partial charge is 0.270 e. The van der Waals surface area contributed by atoms with E-state index in [1.165, 1.54) is 28.3 Å². The second-order valence-corrected chi connectivity index (χ2v) is 7.80. The molecule has 0 spiro atoms. The molecule has 0 saturated carbocycles. The first kappa shape index (κ1) is 18.3. The van der Waals surface area contributed by atoms with E-state index in [1.54, 1.807) is 25.1 Å². The van der Waals surface area contributed by atoms with Crippen LogP contribution < -0.4 is 10.2 Å². The molecule has 1 aliphatic carbocycles. The Morgan fingerprint density at radius 1 is 1.46 bits per heavy atom. The topological polar surface area (TPSA) is 88.4 Å². The molecule has 7 nitrogen and oxygen atoms in total. The number of nitro benzene ring substituents is 1. The van der Waals surface area contributed by atoms with E-state index in [1.807, 2.05) is 0 Å². The van der Waals surface area contributed by atoms with Gasteiger partial charge in [0.1, 0.15) is 0 Å². The number of benzene rings is 1. The van der Waals surface area contributed by atoms with Crippen LogP contribution in [-0.2, 0) is 12.8 Å². The van der Waals surface area contributed by atoms with Crippen LogP contribution in [0.15, 0.2) is 18.2 Å². The number of anilines is 2. The third kappa shape index (κ3) is 3.70. The van der Waals surface area contributed by atoms with E-state index in [0.29, 0.717) is 16.7 Å². The van der Waals surface area contributed by atoms with Crippen LogP contribution in [0.2, 0.25) is 0 Å². The van der Waals surface area contributed by atoms with E-state index in [9.17, 15) is 14.9 Å². The van der Waals surface area contributed by atoms with Gasteiger partial charge in [0.25, 0.3) is 11.6 Å². The first-order valence-electron chi connectivity index (χ1n) is 8.64. The van der Waals surface area contributed by atoms with Gasteiger partial charge in [0, 0.05) is 36.8 Å². The molecule has 2 aromatic rings. The van der Waals surface area contributed by atoms with Gasteiger partial charge in [0.05, 0.1) is 16.2 Å². The molecule has 0 bridgehead atoms. The van der Waals surface area contributed by atoms with Crippen molar-refractivity contribution in [3.63, 3.8) is 0 Å². The summed E-state index contributed by atoms with van der Waals surface area (Å²) in [5.74, 6) is 0.305. The highest BCUT2D eigenvalue weighted by Gasteiger charge is 2.23. The van der Waals surface area contributed by atoms with E-state index in [-0.39, 0.29) is 17.2 Å². The summed E-state index contributed by atoms with van der Waals surface area (Å²) in [6.45, 7) is 2.20. The lowest BCUT2D eigenvalue weighted by molar-refractivity contribution is -0.384. The Morgan fingerprint density at radius 2 is 2.23 bits per heavy atom. The van der Waals surface area contributed by atoms with Crippen molar-refractivity contribution in [1.82, 2.24) is 4.98 Å². The number of nitrogens with one attached hydrogen (secondary N) is 1. The Labute approximate surface area is 156 Å². The molecule has 1 atom stereocenters.